The minimum absolute atomic E-state index is 0.0695. The molecule has 6 nitrogen and oxygen atoms in total. The van der Waals surface area contributed by atoms with Crippen LogP contribution in [-0.4, -0.2) is 37.2 Å². The van der Waals surface area contributed by atoms with Crippen molar-refractivity contribution in [2.75, 3.05) is 13.2 Å². The summed E-state index contributed by atoms with van der Waals surface area (Å²) >= 11 is 0. The number of carbonyl (C=O) groups excluding carboxylic acids is 3. The highest BCUT2D eigenvalue weighted by atomic mass is 16.6. The molecule has 0 aromatic carbocycles. The van der Waals surface area contributed by atoms with E-state index >= 15 is 0 Å². The Morgan fingerprint density at radius 1 is 0.274 bits per heavy atom. The maximum atomic E-state index is 12.9. The molecule has 0 saturated carbocycles. The van der Waals surface area contributed by atoms with Crippen molar-refractivity contribution in [3.8, 4) is 0 Å². The number of hydrogen-bond acceptors (Lipinski definition) is 6. The summed E-state index contributed by atoms with van der Waals surface area (Å²) in [6.45, 7) is 6.68. The molecule has 6 heteroatoms. The smallest absolute Gasteiger partial charge is 0.306 e. The Hall–Kier alpha value is -2.11. The van der Waals surface area contributed by atoms with Crippen LogP contribution in [0.3, 0.4) is 0 Å². The molecule has 1 unspecified atom stereocenters. The normalized spacial score (nSPS) is 12.1. The van der Waals surface area contributed by atoms with E-state index in [1.807, 2.05) is 0 Å². The van der Waals surface area contributed by atoms with Crippen molar-refractivity contribution in [3.63, 3.8) is 0 Å². The summed E-state index contributed by atoms with van der Waals surface area (Å²) in [6, 6.07) is 0. The minimum Gasteiger partial charge on any atom is -0.462 e. The summed E-state index contributed by atoms with van der Waals surface area (Å²) in [5.41, 5.74) is 0. The topological polar surface area (TPSA) is 78.9 Å². The van der Waals surface area contributed by atoms with Crippen LogP contribution in [0.25, 0.3) is 0 Å². The lowest BCUT2D eigenvalue weighted by Gasteiger charge is -2.18. The van der Waals surface area contributed by atoms with Gasteiger partial charge in [0.05, 0.1) is 0 Å². The van der Waals surface area contributed by atoms with Gasteiger partial charge in [-0.1, -0.05) is 321 Å². The molecule has 0 bridgehead atoms. The number of esters is 3. The fourth-order valence-corrected chi connectivity index (χ4v) is 10.0. The lowest BCUT2D eigenvalue weighted by Crippen LogP contribution is -2.30. The first-order valence-corrected chi connectivity index (χ1v) is 32.8. The molecule has 0 amide bonds. The van der Waals surface area contributed by atoms with E-state index in [9.17, 15) is 14.4 Å². The zero-order valence-corrected chi connectivity index (χ0v) is 49.4. The molecule has 73 heavy (non-hydrogen) atoms. The van der Waals surface area contributed by atoms with Crippen molar-refractivity contribution in [1.29, 1.82) is 0 Å². The molecule has 0 saturated heterocycles. The van der Waals surface area contributed by atoms with E-state index < -0.39 is 6.10 Å². The Balaban J connectivity index is 4.28. The van der Waals surface area contributed by atoms with Gasteiger partial charge < -0.3 is 14.2 Å². The van der Waals surface area contributed by atoms with Gasteiger partial charge in [-0.15, -0.1) is 0 Å². The van der Waals surface area contributed by atoms with Crippen LogP contribution >= 0.6 is 0 Å². The van der Waals surface area contributed by atoms with Crippen LogP contribution in [-0.2, 0) is 28.6 Å². The van der Waals surface area contributed by atoms with Crippen LogP contribution in [0, 0.1) is 0 Å². The van der Waals surface area contributed by atoms with E-state index in [1.54, 1.807) is 0 Å². The largest absolute Gasteiger partial charge is 0.462 e. The minimum atomic E-state index is -0.773. The third kappa shape index (κ3) is 60.6. The Labute approximate surface area is 455 Å². The van der Waals surface area contributed by atoms with Gasteiger partial charge in [-0.3, -0.25) is 14.4 Å². The molecule has 0 heterocycles. The number of ether oxygens (including phenoxy) is 3. The predicted molar refractivity (Wildman–Crippen MR) is 316 cm³/mol. The molecule has 0 aliphatic heterocycles. The van der Waals surface area contributed by atoms with Gasteiger partial charge in [0.1, 0.15) is 13.2 Å². The zero-order valence-electron chi connectivity index (χ0n) is 49.4. The fourth-order valence-electron chi connectivity index (χ4n) is 10.0. The SMILES string of the molecule is CCCCC/C=C\C/C=C\CCCCCCCC(=O)OCC(COC(=O)CCCCCCCCCCCCCCCCCCCCCCCC)OC(=O)CCCCCCCCCCCCCCCCCCCC. The summed E-state index contributed by atoms with van der Waals surface area (Å²) in [5.74, 6) is -0.854. The lowest BCUT2D eigenvalue weighted by molar-refractivity contribution is -0.167. The van der Waals surface area contributed by atoms with Crippen molar-refractivity contribution < 1.29 is 28.6 Å². The van der Waals surface area contributed by atoms with Crippen molar-refractivity contribution in [3.05, 3.63) is 24.3 Å². The van der Waals surface area contributed by atoms with E-state index in [-0.39, 0.29) is 31.1 Å². The third-order valence-corrected chi connectivity index (χ3v) is 15.0. The summed E-state index contributed by atoms with van der Waals surface area (Å²) in [5, 5.41) is 0. The highest BCUT2D eigenvalue weighted by Gasteiger charge is 2.19. The van der Waals surface area contributed by atoms with E-state index in [1.165, 1.54) is 250 Å². The molecule has 0 aromatic heterocycles. The Bertz CT molecular complexity index is 1180. The van der Waals surface area contributed by atoms with Crippen molar-refractivity contribution >= 4 is 17.9 Å². The Morgan fingerprint density at radius 2 is 0.493 bits per heavy atom. The van der Waals surface area contributed by atoms with Gasteiger partial charge in [0.25, 0.3) is 0 Å². The van der Waals surface area contributed by atoms with Crippen molar-refractivity contribution in [2.24, 2.45) is 0 Å². The van der Waals surface area contributed by atoms with Crippen LogP contribution in [0.5, 0.6) is 0 Å². The molecule has 0 radical (unpaired) electrons. The first-order chi connectivity index (χ1) is 36.0. The van der Waals surface area contributed by atoms with Crippen LogP contribution in [0.2, 0.25) is 0 Å². The second kappa shape index (κ2) is 62.4. The van der Waals surface area contributed by atoms with E-state index in [4.69, 9.17) is 14.2 Å². The third-order valence-electron chi connectivity index (χ3n) is 15.0. The molecule has 1 atom stereocenters. The van der Waals surface area contributed by atoms with Crippen LogP contribution in [0.4, 0.5) is 0 Å². The number of hydrogen-bond donors (Lipinski definition) is 0. The Kier molecular flexibility index (Phi) is 60.6. The average molecular weight is 1030 g/mol. The van der Waals surface area contributed by atoms with Crippen LogP contribution < -0.4 is 0 Å². The van der Waals surface area contributed by atoms with Crippen LogP contribution in [0.15, 0.2) is 24.3 Å². The lowest BCUT2D eigenvalue weighted by atomic mass is 10.0. The maximum absolute atomic E-state index is 12.9. The number of carbonyl (C=O) groups is 3. The van der Waals surface area contributed by atoms with E-state index in [0.717, 1.165) is 77.0 Å². The fraction of sp³-hybridized carbons (Fsp3) is 0.896. The summed E-state index contributed by atoms with van der Waals surface area (Å²) in [6.07, 6.45) is 74.7. The molecule has 0 N–H and O–H groups in total. The number of unbranched alkanes of at least 4 members (excludes halogenated alkanes) is 46. The van der Waals surface area contributed by atoms with E-state index in [2.05, 4.69) is 45.1 Å². The molecular weight excluding hydrogens is 901 g/mol. The highest BCUT2D eigenvalue weighted by Crippen LogP contribution is 2.18. The van der Waals surface area contributed by atoms with Gasteiger partial charge >= 0.3 is 17.9 Å². The second-order valence-corrected chi connectivity index (χ2v) is 22.4. The van der Waals surface area contributed by atoms with Gasteiger partial charge in [-0.05, 0) is 51.4 Å². The first kappa shape index (κ1) is 70.9. The van der Waals surface area contributed by atoms with Gasteiger partial charge in [-0.25, -0.2) is 0 Å². The predicted octanol–water partition coefficient (Wildman–Crippen LogP) is 22.2. The van der Waals surface area contributed by atoms with E-state index in [0.29, 0.717) is 19.3 Å². The summed E-state index contributed by atoms with van der Waals surface area (Å²) in [7, 11) is 0. The van der Waals surface area contributed by atoms with Crippen molar-refractivity contribution in [2.45, 2.75) is 374 Å². The standard InChI is InChI=1S/C67H126O6/c1-4-7-10-13-16-19-22-25-28-30-32-33-34-35-37-39-42-45-48-51-54-57-60-66(69)72-63-64(62-71-65(68)59-56-53-50-47-44-41-38-27-24-21-18-15-12-9-6-3)73-67(70)61-58-55-52-49-46-43-40-36-31-29-26-23-20-17-14-11-8-5-2/h18,21,27,38,64H,4-17,19-20,22-26,28-37,39-63H2,1-3H3/b21-18-,38-27-. The zero-order chi connectivity index (χ0) is 52.9. The highest BCUT2D eigenvalue weighted by molar-refractivity contribution is 5.71. The molecule has 0 aliphatic rings. The van der Waals surface area contributed by atoms with Crippen molar-refractivity contribution in [1.82, 2.24) is 0 Å². The molecule has 0 spiro atoms. The average Bonchev–Trinajstić information content (AvgIpc) is 3.39. The number of rotatable bonds is 61. The Morgan fingerprint density at radius 3 is 0.781 bits per heavy atom. The van der Waals surface area contributed by atoms with Crippen LogP contribution in [0.1, 0.15) is 367 Å². The molecular formula is C67H126O6. The van der Waals surface area contributed by atoms with Gasteiger partial charge in [0.15, 0.2) is 6.10 Å². The van der Waals surface area contributed by atoms with Gasteiger partial charge in [0.2, 0.25) is 0 Å². The second-order valence-electron chi connectivity index (χ2n) is 22.4. The van der Waals surface area contributed by atoms with Gasteiger partial charge in [-0.2, -0.15) is 0 Å². The maximum Gasteiger partial charge on any atom is 0.306 e. The molecule has 0 aromatic rings. The molecule has 0 rings (SSSR count). The molecule has 0 aliphatic carbocycles. The first-order valence-electron chi connectivity index (χ1n) is 32.8. The summed E-state index contributed by atoms with van der Waals surface area (Å²) < 4.78 is 17.0. The quantitative estimate of drug-likeness (QED) is 0.0261. The monoisotopic (exact) mass is 1030 g/mol. The summed E-state index contributed by atoms with van der Waals surface area (Å²) in [4.78, 5) is 38.3. The number of allylic oxidation sites excluding steroid dienone is 4. The molecule has 430 valence electrons. The van der Waals surface area contributed by atoms with Gasteiger partial charge in [0, 0.05) is 19.3 Å². The molecule has 0 fully saturated rings.